The Morgan fingerprint density at radius 3 is 3.04 bits per heavy atom. The molecule has 1 aliphatic heterocycles. The van der Waals surface area contributed by atoms with Crippen LogP contribution in [0.15, 0.2) is 34.1 Å². The van der Waals surface area contributed by atoms with Gasteiger partial charge in [0, 0.05) is 17.8 Å². The van der Waals surface area contributed by atoms with Gasteiger partial charge in [0.2, 0.25) is 0 Å². The first-order chi connectivity index (χ1) is 11.7. The molecule has 4 rings (SSSR count). The Bertz CT molecular complexity index is 840. The largest absolute Gasteiger partial charge is 0.476 e. The lowest BCUT2D eigenvalue weighted by Gasteiger charge is -2.30. The van der Waals surface area contributed by atoms with E-state index in [9.17, 15) is 4.79 Å². The van der Waals surface area contributed by atoms with Gasteiger partial charge in [0.05, 0.1) is 6.54 Å². The van der Waals surface area contributed by atoms with E-state index >= 15 is 0 Å². The van der Waals surface area contributed by atoms with Crippen molar-refractivity contribution in [2.45, 2.75) is 25.3 Å². The molecule has 3 heterocycles. The van der Waals surface area contributed by atoms with Crippen molar-refractivity contribution >= 4 is 28.4 Å². The van der Waals surface area contributed by atoms with Gasteiger partial charge in [-0.25, -0.2) is 14.8 Å². The fraction of sp³-hybridized carbons (Fsp3) is 0.353. The summed E-state index contributed by atoms with van der Waals surface area (Å²) in [4.78, 5) is 22.0. The van der Waals surface area contributed by atoms with Crippen LogP contribution in [0.1, 0.15) is 40.1 Å². The molecule has 1 aromatic carbocycles. The van der Waals surface area contributed by atoms with Crippen LogP contribution in [0.25, 0.3) is 11.1 Å². The average Bonchev–Trinajstić information content (AvgIpc) is 3.21. The molecule has 2 aromatic heterocycles. The van der Waals surface area contributed by atoms with Crippen LogP contribution in [0, 0.1) is 0 Å². The summed E-state index contributed by atoms with van der Waals surface area (Å²) in [7, 11) is 0. The molecule has 0 amide bonds. The van der Waals surface area contributed by atoms with Crippen LogP contribution < -0.4 is 0 Å². The summed E-state index contributed by atoms with van der Waals surface area (Å²) in [5, 5.41) is 11.4. The summed E-state index contributed by atoms with van der Waals surface area (Å²) >= 11 is 1.40. The minimum Gasteiger partial charge on any atom is -0.476 e. The van der Waals surface area contributed by atoms with Crippen LogP contribution >= 0.6 is 11.3 Å². The Hall–Kier alpha value is -2.25. The number of thiazole rings is 1. The fourth-order valence-corrected chi connectivity index (χ4v) is 3.95. The number of rotatable bonds is 4. The number of carboxylic acids is 1. The number of oxazole rings is 1. The number of hydrogen-bond acceptors (Lipinski definition) is 6. The SMILES string of the molecule is O=C(O)c1csc(CN2CCCC(c3nc4ccccc4o3)C2)n1. The first kappa shape index (κ1) is 15.3. The van der Waals surface area contributed by atoms with Crippen LogP contribution in [-0.2, 0) is 6.54 Å². The number of carbonyl (C=O) groups is 1. The van der Waals surface area contributed by atoms with Crippen molar-refractivity contribution in [3.63, 3.8) is 0 Å². The van der Waals surface area contributed by atoms with Gasteiger partial charge in [-0.05, 0) is 31.5 Å². The Labute approximate surface area is 142 Å². The number of fused-ring (bicyclic) bond motifs is 1. The van der Waals surface area contributed by atoms with Gasteiger partial charge < -0.3 is 9.52 Å². The number of hydrogen-bond donors (Lipinski definition) is 1. The number of carboxylic acid groups (broad SMARTS) is 1. The summed E-state index contributed by atoms with van der Waals surface area (Å²) in [5.41, 5.74) is 1.86. The summed E-state index contributed by atoms with van der Waals surface area (Å²) in [5.74, 6) is 0.0943. The average molecular weight is 343 g/mol. The van der Waals surface area contributed by atoms with E-state index in [-0.39, 0.29) is 11.6 Å². The Kier molecular flexibility index (Phi) is 4.03. The highest BCUT2D eigenvalue weighted by molar-refractivity contribution is 7.09. The number of piperidine rings is 1. The third-order valence-corrected chi connectivity index (χ3v) is 5.13. The van der Waals surface area contributed by atoms with E-state index in [0.29, 0.717) is 6.54 Å². The molecule has 7 heteroatoms. The lowest BCUT2D eigenvalue weighted by molar-refractivity contribution is 0.0691. The van der Waals surface area contributed by atoms with Crippen LogP contribution in [0.3, 0.4) is 0 Å². The van der Waals surface area contributed by atoms with Gasteiger partial charge in [0.25, 0.3) is 0 Å². The Morgan fingerprint density at radius 2 is 2.25 bits per heavy atom. The smallest absolute Gasteiger partial charge is 0.355 e. The van der Waals surface area contributed by atoms with Crippen LogP contribution in [0.5, 0.6) is 0 Å². The van der Waals surface area contributed by atoms with Crippen molar-refractivity contribution in [2.75, 3.05) is 13.1 Å². The molecule has 1 aliphatic rings. The predicted octanol–water partition coefficient (Wildman–Crippen LogP) is 3.36. The first-order valence-corrected chi connectivity index (χ1v) is 8.82. The minimum atomic E-state index is -0.972. The minimum absolute atomic E-state index is 0.127. The lowest BCUT2D eigenvalue weighted by Crippen LogP contribution is -2.34. The monoisotopic (exact) mass is 343 g/mol. The van der Waals surface area contributed by atoms with Crippen molar-refractivity contribution in [3.05, 3.63) is 46.2 Å². The number of likely N-dealkylation sites (tertiary alicyclic amines) is 1. The summed E-state index contributed by atoms with van der Waals surface area (Å²) in [6.45, 7) is 2.52. The van der Waals surface area contributed by atoms with Crippen molar-refractivity contribution < 1.29 is 14.3 Å². The van der Waals surface area contributed by atoms with Gasteiger partial charge in [-0.1, -0.05) is 12.1 Å². The van der Waals surface area contributed by atoms with E-state index < -0.39 is 5.97 Å². The maximum absolute atomic E-state index is 10.9. The molecule has 1 unspecified atom stereocenters. The third-order valence-electron chi connectivity index (χ3n) is 4.29. The maximum Gasteiger partial charge on any atom is 0.355 e. The van der Waals surface area contributed by atoms with E-state index in [1.165, 1.54) is 11.3 Å². The second-order valence-electron chi connectivity index (χ2n) is 6.03. The van der Waals surface area contributed by atoms with Crippen molar-refractivity contribution in [3.8, 4) is 0 Å². The van der Waals surface area contributed by atoms with Gasteiger partial charge in [0.1, 0.15) is 10.5 Å². The molecule has 3 aromatic rings. The van der Waals surface area contributed by atoms with E-state index in [4.69, 9.17) is 9.52 Å². The topological polar surface area (TPSA) is 79.5 Å². The highest BCUT2D eigenvalue weighted by Gasteiger charge is 2.26. The molecular weight excluding hydrogens is 326 g/mol. The van der Waals surface area contributed by atoms with Crippen molar-refractivity contribution in [2.24, 2.45) is 0 Å². The molecule has 24 heavy (non-hydrogen) atoms. The number of para-hydroxylation sites is 2. The van der Waals surface area contributed by atoms with Gasteiger partial charge >= 0.3 is 5.97 Å². The van der Waals surface area contributed by atoms with E-state index in [1.54, 1.807) is 5.38 Å². The highest BCUT2D eigenvalue weighted by atomic mass is 32.1. The molecule has 124 valence electrons. The number of aromatic carboxylic acids is 1. The van der Waals surface area contributed by atoms with Crippen molar-refractivity contribution in [1.29, 1.82) is 0 Å². The fourth-order valence-electron chi connectivity index (χ4n) is 3.14. The first-order valence-electron chi connectivity index (χ1n) is 7.94. The zero-order valence-corrected chi connectivity index (χ0v) is 13.8. The van der Waals surface area contributed by atoms with E-state index in [1.807, 2.05) is 24.3 Å². The molecule has 0 saturated carbocycles. The normalized spacial score (nSPS) is 18.9. The molecular formula is C17H17N3O3S. The summed E-state index contributed by atoms with van der Waals surface area (Å²) in [6.07, 6.45) is 2.13. The molecule has 0 bridgehead atoms. The summed E-state index contributed by atoms with van der Waals surface area (Å²) in [6, 6.07) is 7.82. The van der Waals surface area contributed by atoms with E-state index in [2.05, 4.69) is 14.9 Å². The molecule has 0 spiro atoms. The predicted molar refractivity (Wildman–Crippen MR) is 90.3 cm³/mol. The molecule has 1 saturated heterocycles. The lowest BCUT2D eigenvalue weighted by atomic mass is 9.98. The number of nitrogens with zero attached hydrogens (tertiary/aromatic N) is 3. The maximum atomic E-state index is 10.9. The van der Waals surface area contributed by atoms with Gasteiger partial charge in [0.15, 0.2) is 17.2 Å². The molecule has 6 nitrogen and oxygen atoms in total. The molecule has 1 N–H and O–H groups in total. The number of benzene rings is 1. The zero-order valence-electron chi connectivity index (χ0n) is 13.0. The van der Waals surface area contributed by atoms with Gasteiger partial charge in [-0.15, -0.1) is 11.3 Å². The second kappa shape index (κ2) is 6.33. The number of aromatic nitrogens is 2. The Balaban J connectivity index is 1.47. The third kappa shape index (κ3) is 3.05. The van der Waals surface area contributed by atoms with Gasteiger partial charge in [-0.2, -0.15) is 0 Å². The summed E-state index contributed by atoms with van der Waals surface area (Å²) < 4.78 is 5.91. The second-order valence-corrected chi connectivity index (χ2v) is 6.97. The van der Waals surface area contributed by atoms with Crippen LogP contribution in [-0.4, -0.2) is 39.0 Å². The zero-order chi connectivity index (χ0) is 16.5. The molecule has 1 fully saturated rings. The van der Waals surface area contributed by atoms with Gasteiger partial charge in [-0.3, -0.25) is 4.90 Å². The standard InChI is InChI=1S/C17H17N3O3S/c21-17(22)13-10-24-15(18-13)9-20-7-3-4-11(8-20)16-19-12-5-1-2-6-14(12)23-16/h1-2,5-6,10-11H,3-4,7-9H2,(H,21,22). The molecule has 0 aliphatic carbocycles. The Morgan fingerprint density at radius 1 is 1.38 bits per heavy atom. The van der Waals surface area contributed by atoms with Crippen LogP contribution in [0.2, 0.25) is 0 Å². The highest BCUT2D eigenvalue weighted by Crippen LogP contribution is 2.29. The molecule has 0 radical (unpaired) electrons. The van der Waals surface area contributed by atoms with Crippen LogP contribution in [0.4, 0.5) is 0 Å². The van der Waals surface area contributed by atoms with E-state index in [0.717, 1.165) is 47.9 Å². The van der Waals surface area contributed by atoms with Crippen molar-refractivity contribution in [1.82, 2.24) is 14.9 Å². The molecule has 1 atom stereocenters. The quantitative estimate of drug-likeness (QED) is 0.782.